The third kappa shape index (κ3) is 2.04. The van der Waals surface area contributed by atoms with Gasteiger partial charge < -0.3 is 4.74 Å². The average molecular weight is 220 g/mol. The molecule has 1 unspecified atom stereocenters. The molecular weight excluding hydrogens is 202 g/mol. The van der Waals surface area contributed by atoms with Gasteiger partial charge in [0.2, 0.25) is 0 Å². The van der Waals surface area contributed by atoms with Gasteiger partial charge in [0.25, 0.3) is 0 Å². The van der Waals surface area contributed by atoms with Crippen molar-refractivity contribution in [1.29, 1.82) is 0 Å². The maximum atomic E-state index is 11.7. The molecule has 1 saturated heterocycles. The van der Waals surface area contributed by atoms with E-state index in [-0.39, 0.29) is 5.97 Å². The maximum absolute atomic E-state index is 11.7. The number of hydrogen-bond acceptors (Lipinski definition) is 3. The molecule has 1 fully saturated rings. The van der Waals surface area contributed by atoms with Crippen molar-refractivity contribution in [2.75, 3.05) is 26.6 Å². The number of hydrogen-bond donors (Lipinski definition) is 0. The van der Waals surface area contributed by atoms with Crippen molar-refractivity contribution in [1.82, 2.24) is 4.90 Å². The molecule has 0 N–H and O–H groups in total. The van der Waals surface area contributed by atoms with E-state index in [1.807, 2.05) is 7.05 Å². The van der Waals surface area contributed by atoms with Gasteiger partial charge in [-0.3, -0.25) is 9.69 Å². The van der Waals surface area contributed by atoms with Gasteiger partial charge in [0.1, 0.15) is 5.54 Å². The Balaban J connectivity index is 2.73. The minimum Gasteiger partial charge on any atom is -0.468 e. The van der Waals surface area contributed by atoms with Crippen molar-refractivity contribution >= 4 is 17.6 Å². The van der Waals surface area contributed by atoms with Crippen molar-refractivity contribution in [2.24, 2.45) is 0 Å². The van der Waals surface area contributed by atoms with Crippen LogP contribution in [0.1, 0.15) is 25.7 Å². The molecule has 0 spiro atoms. The molecule has 0 aromatic heterocycles. The molecule has 0 amide bonds. The van der Waals surface area contributed by atoms with Gasteiger partial charge in [-0.15, -0.1) is 11.6 Å². The van der Waals surface area contributed by atoms with E-state index in [4.69, 9.17) is 16.3 Å². The number of alkyl halides is 1. The van der Waals surface area contributed by atoms with Crippen LogP contribution in [0, 0.1) is 0 Å². The number of likely N-dealkylation sites (tertiary alicyclic amines) is 1. The summed E-state index contributed by atoms with van der Waals surface area (Å²) < 4.78 is 4.88. The van der Waals surface area contributed by atoms with Crippen molar-refractivity contribution < 1.29 is 9.53 Å². The molecule has 0 saturated carbocycles. The van der Waals surface area contributed by atoms with Crippen LogP contribution in [0.4, 0.5) is 0 Å². The monoisotopic (exact) mass is 219 g/mol. The third-order valence-electron chi connectivity index (χ3n) is 3.10. The van der Waals surface area contributed by atoms with Crippen LogP contribution < -0.4 is 0 Å². The van der Waals surface area contributed by atoms with E-state index < -0.39 is 5.54 Å². The highest BCUT2D eigenvalue weighted by atomic mass is 35.5. The smallest absolute Gasteiger partial charge is 0.326 e. The van der Waals surface area contributed by atoms with Crippen LogP contribution in [0.5, 0.6) is 0 Å². The first kappa shape index (κ1) is 11.8. The Hall–Kier alpha value is -0.280. The molecule has 0 radical (unpaired) electrons. The molecule has 1 aliphatic heterocycles. The maximum Gasteiger partial charge on any atom is 0.326 e. The minimum atomic E-state index is -0.399. The van der Waals surface area contributed by atoms with Crippen molar-refractivity contribution in [2.45, 2.75) is 31.2 Å². The zero-order chi connectivity index (χ0) is 10.6. The fourth-order valence-electron chi connectivity index (χ4n) is 2.24. The normalized spacial score (nSPS) is 27.9. The summed E-state index contributed by atoms with van der Waals surface area (Å²) in [5.74, 6) is 0.495. The van der Waals surface area contributed by atoms with Gasteiger partial charge in [-0.1, -0.05) is 0 Å². The minimum absolute atomic E-state index is 0.109. The summed E-state index contributed by atoms with van der Waals surface area (Å²) in [5.41, 5.74) is -0.399. The lowest BCUT2D eigenvalue weighted by Gasteiger charge is -2.33. The molecule has 1 heterocycles. The molecule has 3 nitrogen and oxygen atoms in total. The number of halogens is 1. The van der Waals surface area contributed by atoms with Gasteiger partial charge in [0.15, 0.2) is 0 Å². The number of carbonyl (C=O) groups is 1. The van der Waals surface area contributed by atoms with E-state index in [0.717, 1.165) is 32.2 Å². The van der Waals surface area contributed by atoms with Gasteiger partial charge in [-0.2, -0.15) is 0 Å². The van der Waals surface area contributed by atoms with Crippen LogP contribution in [0.3, 0.4) is 0 Å². The first-order valence-electron chi connectivity index (χ1n) is 5.03. The highest BCUT2D eigenvalue weighted by Gasteiger charge is 2.45. The molecule has 0 aromatic rings. The average Bonchev–Trinajstić information content (AvgIpc) is 2.57. The van der Waals surface area contributed by atoms with E-state index >= 15 is 0 Å². The molecule has 0 aliphatic carbocycles. The Morgan fingerprint density at radius 1 is 1.64 bits per heavy atom. The summed E-state index contributed by atoms with van der Waals surface area (Å²) in [6.07, 6.45) is 3.63. The number of rotatable bonds is 4. The van der Waals surface area contributed by atoms with Gasteiger partial charge in [0, 0.05) is 5.88 Å². The highest BCUT2D eigenvalue weighted by Crippen LogP contribution is 2.33. The zero-order valence-electron chi connectivity index (χ0n) is 8.88. The molecule has 0 aromatic carbocycles. The lowest BCUT2D eigenvalue weighted by molar-refractivity contribution is -0.153. The number of carbonyl (C=O) groups excluding carboxylic acids is 1. The quantitative estimate of drug-likeness (QED) is 0.532. The topological polar surface area (TPSA) is 29.5 Å². The van der Waals surface area contributed by atoms with Gasteiger partial charge in [-0.25, -0.2) is 0 Å². The van der Waals surface area contributed by atoms with Gasteiger partial charge in [0.05, 0.1) is 7.11 Å². The Kier molecular flexibility index (Phi) is 4.20. The predicted octanol–water partition coefficient (Wildman–Crippen LogP) is 1.64. The van der Waals surface area contributed by atoms with E-state index in [1.165, 1.54) is 7.11 Å². The van der Waals surface area contributed by atoms with Crippen molar-refractivity contribution in [3.63, 3.8) is 0 Å². The largest absolute Gasteiger partial charge is 0.468 e. The van der Waals surface area contributed by atoms with E-state index in [2.05, 4.69) is 4.90 Å². The Morgan fingerprint density at radius 2 is 2.36 bits per heavy atom. The summed E-state index contributed by atoms with van der Waals surface area (Å²) >= 11 is 5.67. The first-order chi connectivity index (χ1) is 6.67. The summed E-state index contributed by atoms with van der Waals surface area (Å²) in [6, 6.07) is 0. The highest BCUT2D eigenvalue weighted by molar-refractivity contribution is 6.17. The van der Waals surface area contributed by atoms with Gasteiger partial charge in [-0.05, 0) is 39.3 Å². The Labute approximate surface area is 90.4 Å². The lowest BCUT2D eigenvalue weighted by Crippen LogP contribution is -2.49. The SMILES string of the molecule is COC(=O)C1(CCCCl)CCCN1C. The van der Waals surface area contributed by atoms with Crippen molar-refractivity contribution in [3.8, 4) is 0 Å². The molecule has 82 valence electrons. The van der Waals surface area contributed by atoms with Crippen LogP contribution in [0.25, 0.3) is 0 Å². The fourth-order valence-corrected chi connectivity index (χ4v) is 2.37. The van der Waals surface area contributed by atoms with Crippen LogP contribution in [-0.4, -0.2) is 43.0 Å². The van der Waals surface area contributed by atoms with Crippen LogP contribution in [-0.2, 0) is 9.53 Å². The second-order valence-corrected chi connectivity index (χ2v) is 4.22. The first-order valence-corrected chi connectivity index (χ1v) is 5.56. The van der Waals surface area contributed by atoms with Crippen molar-refractivity contribution in [3.05, 3.63) is 0 Å². The standard InChI is InChI=1S/C10H18ClNO2/c1-12-8-4-6-10(12,5-3-7-11)9(13)14-2/h3-8H2,1-2H3. The number of likely N-dealkylation sites (N-methyl/N-ethyl adjacent to an activating group) is 1. The Morgan fingerprint density at radius 3 is 2.79 bits per heavy atom. The lowest BCUT2D eigenvalue weighted by atomic mass is 9.91. The summed E-state index contributed by atoms with van der Waals surface area (Å²) in [5, 5.41) is 0. The zero-order valence-corrected chi connectivity index (χ0v) is 9.64. The predicted molar refractivity (Wildman–Crippen MR) is 56.6 cm³/mol. The molecule has 1 aliphatic rings. The fraction of sp³-hybridized carbons (Fsp3) is 0.900. The van der Waals surface area contributed by atoms with E-state index in [9.17, 15) is 4.79 Å². The summed E-state index contributed by atoms with van der Waals surface area (Å²) in [6.45, 7) is 0.970. The number of esters is 1. The number of ether oxygens (including phenoxy) is 1. The summed E-state index contributed by atoms with van der Waals surface area (Å²) in [7, 11) is 3.44. The number of methoxy groups -OCH3 is 1. The van der Waals surface area contributed by atoms with E-state index in [0.29, 0.717) is 5.88 Å². The molecule has 14 heavy (non-hydrogen) atoms. The third-order valence-corrected chi connectivity index (χ3v) is 3.37. The van der Waals surface area contributed by atoms with E-state index in [1.54, 1.807) is 0 Å². The van der Waals surface area contributed by atoms with Gasteiger partial charge >= 0.3 is 5.97 Å². The molecule has 1 atom stereocenters. The van der Waals surface area contributed by atoms with Crippen LogP contribution in [0.2, 0.25) is 0 Å². The van der Waals surface area contributed by atoms with Crippen LogP contribution >= 0.6 is 11.6 Å². The second kappa shape index (κ2) is 4.99. The molecule has 4 heteroatoms. The van der Waals surface area contributed by atoms with Crippen LogP contribution in [0.15, 0.2) is 0 Å². The summed E-state index contributed by atoms with van der Waals surface area (Å²) in [4.78, 5) is 13.8. The molecule has 0 bridgehead atoms. The second-order valence-electron chi connectivity index (χ2n) is 3.84. The molecular formula is C10H18ClNO2. The Bertz CT molecular complexity index is 210. The number of nitrogens with zero attached hydrogens (tertiary/aromatic N) is 1. The molecule has 1 rings (SSSR count).